The van der Waals surface area contributed by atoms with E-state index in [9.17, 15) is 18.0 Å². The molecule has 7 heteroatoms. The van der Waals surface area contributed by atoms with Crippen molar-refractivity contribution in [2.24, 2.45) is 0 Å². The van der Waals surface area contributed by atoms with E-state index in [1.807, 2.05) is 4.90 Å². The van der Waals surface area contributed by atoms with E-state index >= 15 is 0 Å². The first-order valence-corrected chi connectivity index (χ1v) is 8.39. The van der Waals surface area contributed by atoms with Crippen molar-refractivity contribution in [2.75, 3.05) is 18.8 Å². The Bertz CT molecular complexity index is 483. The zero-order chi connectivity index (χ0) is 16.0. The Morgan fingerprint density at radius 1 is 1.14 bits per heavy atom. The SMILES string of the molecule is O=C(CSc1ccc(C(F)(F)F)cn1)N1CCCCCCC1. The van der Waals surface area contributed by atoms with Gasteiger partial charge in [-0.3, -0.25) is 4.79 Å². The molecule has 1 aliphatic heterocycles. The van der Waals surface area contributed by atoms with Crippen molar-refractivity contribution in [1.82, 2.24) is 9.88 Å². The van der Waals surface area contributed by atoms with E-state index in [0.717, 1.165) is 51.0 Å². The van der Waals surface area contributed by atoms with Crippen LogP contribution >= 0.6 is 11.8 Å². The van der Waals surface area contributed by atoms with Crippen molar-refractivity contribution in [3.05, 3.63) is 23.9 Å². The molecule has 2 heterocycles. The minimum Gasteiger partial charge on any atom is -0.342 e. The summed E-state index contributed by atoms with van der Waals surface area (Å²) < 4.78 is 37.3. The first-order valence-electron chi connectivity index (χ1n) is 7.40. The molecule has 2 rings (SSSR count). The standard InChI is InChI=1S/C15H19F3N2OS/c16-15(17,18)12-6-7-13(19-10-12)22-11-14(21)20-8-4-2-1-3-5-9-20/h6-7,10H,1-5,8-9,11H2. The molecule has 0 saturated carbocycles. The second-order valence-electron chi connectivity index (χ2n) is 5.32. The Kier molecular flexibility index (Phi) is 6.11. The third-order valence-corrected chi connectivity index (χ3v) is 4.54. The first-order chi connectivity index (χ1) is 10.5. The smallest absolute Gasteiger partial charge is 0.342 e. The van der Waals surface area contributed by atoms with Gasteiger partial charge in [-0.25, -0.2) is 4.98 Å². The van der Waals surface area contributed by atoms with Gasteiger partial charge in [0.15, 0.2) is 0 Å². The average Bonchev–Trinajstić information content (AvgIpc) is 2.44. The van der Waals surface area contributed by atoms with Crippen LogP contribution in [0.2, 0.25) is 0 Å². The summed E-state index contributed by atoms with van der Waals surface area (Å²) in [6, 6.07) is 2.31. The number of thioether (sulfide) groups is 1. The summed E-state index contributed by atoms with van der Waals surface area (Å²) in [4.78, 5) is 17.8. The molecule has 1 saturated heterocycles. The van der Waals surface area contributed by atoms with Crippen LogP contribution < -0.4 is 0 Å². The number of likely N-dealkylation sites (tertiary alicyclic amines) is 1. The van der Waals surface area contributed by atoms with E-state index in [2.05, 4.69) is 4.98 Å². The second kappa shape index (κ2) is 7.85. The van der Waals surface area contributed by atoms with Gasteiger partial charge in [0.25, 0.3) is 0 Å². The van der Waals surface area contributed by atoms with Gasteiger partial charge in [-0.05, 0) is 25.0 Å². The van der Waals surface area contributed by atoms with Gasteiger partial charge in [0.05, 0.1) is 16.3 Å². The van der Waals surface area contributed by atoms with Crippen LogP contribution in [0.3, 0.4) is 0 Å². The molecule has 0 unspecified atom stereocenters. The van der Waals surface area contributed by atoms with Gasteiger partial charge in [-0.2, -0.15) is 13.2 Å². The third-order valence-electron chi connectivity index (χ3n) is 3.62. The van der Waals surface area contributed by atoms with Crippen molar-refractivity contribution >= 4 is 17.7 Å². The molecular formula is C15H19F3N2OS. The topological polar surface area (TPSA) is 33.2 Å². The Balaban J connectivity index is 1.85. The van der Waals surface area contributed by atoms with Crippen molar-refractivity contribution in [1.29, 1.82) is 0 Å². The Hall–Kier alpha value is -1.24. The van der Waals surface area contributed by atoms with Crippen LogP contribution in [0.25, 0.3) is 0 Å². The number of hydrogen-bond donors (Lipinski definition) is 0. The highest BCUT2D eigenvalue weighted by Gasteiger charge is 2.30. The minimum absolute atomic E-state index is 0.0357. The molecule has 122 valence electrons. The van der Waals surface area contributed by atoms with Gasteiger partial charge >= 0.3 is 6.18 Å². The van der Waals surface area contributed by atoms with Crippen molar-refractivity contribution in [3.8, 4) is 0 Å². The Morgan fingerprint density at radius 2 is 1.77 bits per heavy atom. The average molecular weight is 332 g/mol. The summed E-state index contributed by atoms with van der Waals surface area (Å²) in [6.07, 6.45) is 2.00. The normalized spacial score (nSPS) is 17.0. The van der Waals surface area contributed by atoms with Crippen molar-refractivity contribution < 1.29 is 18.0 Å². The maximum Gasteiger partial charge on any atom is 0.417 e. The lowest BCUT2D eigenvalue weighted by molar-refractivity contribution is -0.138. The fraction of sp³-hybridized carbons (Fsp3) is 0.600. The van der Waals surface area contributed by atoms with E-state index in [1.54, 1.807) is 0 Å². The number of hydrogen-bond acceptors (Lipinski definition) is 3. The minimum atomic E-state index is -4.38. The molecule has 0 spiro atoms. The number of amides is 1. The third kappa shape index (κ3) is 5.19. The summed E-state index contributed by atoms with van der Waals surface area (Å²) in [5.74, 6) is 0.256. The second-order valence-corrected chi connectivity index (χ2v) is 6.32. The quantitative estimate of drug-likeness (QED) is 0.785. The van der Waals surface area contributed by atoms with Gasteiger partial charge in [-0.15, -0.1) is 0 Å². The molecule has 22 heavy (non-hydrogen) atoms. The van der Waals surface area contributed by atoms with Crippen LogP contribution in [0, 0.1) is 0 Å². The largest absolute Gasteiger partial charge is 0.417 e. The number of aromatic nitrogens is 1. The summed E-state index contributed by atoms with van der Waals surface area (Å²) in [6.45, 7) is 1.56. The van der Waals surface area contributed by atoms with Gasteiger partial charge in [-0.1, -0.05) is 31.0 Å². The monoisotopic (exact) mass is 332 g/mol. The highest BCUT2D eigenvalue weighted by atomic mass is 32.2. The molecule has 1 fully saturated rings. The first kappa shape index (κ1) is 17.1. The van der Waals surface area contributed by atoms with Gasteiger partial charge in [0.2, 0.25) is 5.91 Å². The van der Waals surface area contributed by atoms with Crippen molar-refractivity contribution in [3.63, 3.8) is 0 Å². The Labute approximate surface area is 132 Å². The molecule has 1 aromatic heterocycles. The van der Waals surface area contributed by atoms with Gasteiger partial charge in [0, 0.05) is 19.3 Å². The molecule has 1 amide bonds. The fourth-order valence-corrected chi connectivity index (χ4v) is 3.10. The van der Waals surface area contributed by atoms with Crippen LogP contribution in [-0.2, 0) is 11.0 Å². The van der Waals surface area contributed by atoms with Crippen molar-refractivity contribution in [2.45, 2.75) is 43.3 Å². The maximum absolute atomic E-state index is 12.4. The van der Waals surface area contributed by atoms with E-state index in [1.165, 1.54) is 24.2 Å². The molecule has 0 N–H and O–H groups in total. The van der Waals surface area contributed by atoms with E-state index in [-0.39, 0.29) is 11.7 Å². The van der Waals surface area contributed by atoms with E-state index in [0.29, 0.717) is 5.03 Å². The molecule has 0 bridgehead atoms. The fourth-order valence-electron chi connectivity index (χ4n) is 2.36. The molecule has 3 nitrogen and oxygen atoms in total. The number of carbonyl (C=O) groups excluding carboxylic acids is 1. The van der Waals surface area contributed by atoms with Crippen LogP contribution in [0.4, 0.5) is 13.2 Å². The Morgan fingerprint density at radius 3 is 2.32 bits per heavy atom. The summed E-state index contributed by atoms with van der Waals surface area (Å²) in [7, 11) is 0. The highest BCUT2D eigenvalue weighted by molar-refractivity contribution is 7.99. The maximum atomic E-state index is 12.4. The van der Waals surface area contributed by atoms with Crippen LogP contribution in [0.15, 0.2) is 23.4 Å². The summed E-state index contributed by atoms with van der Waals surface area (Å²) in [5.41, 5.74) is -0.771. The summed E-state index contributed by atoms with van der Waals surface area (Å²) in [5, 5.41) is 0.438. The molecule has 1 aromatic rings. The number of halogens is 3. The lowest BCUT2D eigenvalue weighted by Gasteiger charge is -2.24. The lowest BCUT2D eigenvalue weighted by atomic mass is 10.1. The number of rotatable bonds is 3. The number of nitrogens with zero attached hydrogens (tertiary/aromatic N) is 2. The molecule has 0 atom stereocenters. The number of alkyl halides is 3. The van der Waals surface area contributed by atoms with Crippen LogP contribution in [0.5, 0.6) is 0 Å². The zero-order valence-corrected chi connectivity index (χ0v) is 13.1. The predicted octanol–water partition coefficient (Wildman–Crippen LogP) is 3.99. The molecule has 0 radical (unpaired) electrons. The molecular weight excluding hydrogens is 313 g/mol. The lowest BCUT2D eigenvalue weighted by Crippen LogP contribution is -2.35. The molecule has 0 aromatic carbocycles. The van der Waals surface area contributed by atoms with Crippen LogP contribution in [0.1, 0.15) is 37.7 Å². The molecule has 1 aliphatic rings. The highest BCUT2D eigenvalue weighted by Crippen LogP contribution is 2.29. The molecule has 0 aliphatic carbocycles. The zero-order valence-electron chi connectivity index (χ0n) is 12.2. The van der Waals surface area contributed by atoms with E-state index in [4.69, 9.17) is 0 Å². The number of pyridine rings is 1. The predicted molar refractivity (Wildman–Crippen MR) is 79.6 cm³/mol. The van der Waals surface area contributed by atoms with Gasteiger partial charge in [0.1, 0.15) is 0 Å². The van der Waals surface area contributed by atoms with E-state index < -0.39 is 11.7 Å². The number of carbonyl (C=O) groups is 1. The van der Waals surface area contributed by atoms with Crippen LogP contribution in [-0.4, -0.2) is 34.6 Å². The van der Waals surface area contributed by atoms with Gasteiger partial charge < -0.3 is 4.90 Å². The summed E-state index contributed by atoms with van der Waals surface area (Å²) >= 11 is 1.18.